The van der Waals surface area contributed by atoms with Crippen molar-refractivity contribution in [1.29, 1.82) is 0 Å². The summed E-state index contributed by atoms with van der Waals surface area (Å²) in [6.07, 6.45) is 3.29. The first kappa shape index (κ1) is 23.1. The molecule has 33 heavy (non-hydrogen) atoms. The maximum atomic E-state index is 13.0. The Morgan fingerprint density at radius 1 is 1.33 bits per heavy atom. The molecule has 1 aromatic heterocycles. The van der Waals surface area contributed by atoms with Crippen molar-refractivity contribution in [3.05, 3.63) is 29.1 Å². The van der Waals surface area contributed by atoms with Crippen LogP contribution in [0.25, 0.3) is 11.3 Å². The fourth-order valence-corrected chi connectivity index (χ4v) is 5.31. The van der Waals surface area contributed by atoms with E-state index in [9.17, 15) is 23.2 Å². The largest absolute Gasteiger partial charge is 0.435 e. The Bertz CT molecular complexity index is 1070. The fourth-order valence-electron chi connectivity index (χ4n) is 4.45. The molecule has 4 rings (SSSR count). The molecule has 1 aliphatic heterocycles. The third kappa shape index (κ3) is 4.54. The first-order valence-electron chi connectivity index (χ1n) is 10.7. The molecule has 1 aromatic carbocycles. The standard InChI is InChI=1S/C22H24F2N4O4S/c1-12-5-3-4-10-22(12)18(30)28(21(31)27-22)11-16(29)25-20-26-17(13(2)33-20)14-6-8-15(9-7-14)32-19(23)24/h6-9,12,19H,3-5,10-11H2,1-2H3,(H,27,31)(H,25,26,29). The molecule has 2 fully saturated rings. The second-order valence-electron chi connectivity index (χ2n) is 8.31. The average Bonchev–Trinajstić information content (AvgIpc) is 3.23. The van der Waals surface area contributed by atoms with Gasteiger partial charge in [-0.2, -0.15) is 8.78 Å². The minimum Gasteiger partial charge on any atom is -0.435 e. The molecular weight excluding hydrogens is 454 g/mol. The Morgan fingerprint density at radius 2 is 2.06 bits per heavy atom. The smallest absolute Gasteiger partial charge is 0.387 e. The van der Waals surface area contributed by atoms with Crippen LogP contribution in [0.2, 0.25) is 0 Å². The quantitative estimate of drug-likeness (QED) is 0.608. The molecule has 2 unspecified atom stereocenters. The van der Waals surface area contributed by atoms with Crippen LogP contribution in [0.5, 0.6) is 5.75 Å². The number of carbonyl (C=O) groups excluding carboxylic acids is 3. The highest BCUT2D eigenvalue weighted by Gasteiger charge is 2.55. The summed E-state index contributed by atoms with van der Waals surface area (Å²) in [6.45, 7) is 0.469. The topological polar surface area (TPSA) is 101 Å². The Kier molecular flexibility index (Phi) is 6.33. The zero-order chi connectivity index (χ0) is 23.8. The summed E-state index contributed by atoms with van der Waals surface area (Å²) in [6, 6.07) is 5.48. The summed E-state index contributed by atoms with van der Waals surface area (Å²) in [7, 11) is 0. The normalized spacial score (nSPS) is 22.7. The Labute approximate surface area is 193 Å². The summed E-state index contributed by atoms with van der Waals surface area (Å²) < 4.78 is 29.0. The number of ether oxygens (including phenoxy) is 1. The van der Waals surface area contributed by atoms with Gasteiger partial charge in [-0.25, -0.2) is 9.78 Å². The van der Waals surface area contributed by atoms with Crippen molar-refractivity contribution in [3.8, 4) is 17.0 Å². The van der Waals surface area contributed by atoms with Crippen molar-refractivity contribution in [1.82, 2.24) is 15.2 Å². The number of thiazole rings is 1. The maximum absolute atomic E-state index is 13.0. The molecule has 1 saturated carbocycles. The second kappa shape index (κ2) is 9.05. The van der Waals surface area contributed by atoms with Gasteiger partial charge in [0, 0.05) is 10.4 Å². The second-order valence-corrected chi connectivity index (χ2v) is 9.52. The van der Waals surface area contributed by atoms with Gasteiger partial charge >= 0.3 is 12.6 Å². The molecule has 8 nitrogen and oxygen atoms in total. The molecule has 0 bridgehead atoms. The number of imide groups is 1. The van der Waals surface area contributed by atoms with Crippen LogP contribution in [0.15, 0.2) is 24.3 Å². The van der Waals surface area contributed by atoms with E-state index in [4.69, 9.17) is 0 Å². The maximum Gasteiger partial charge on any atom is 0.387 e. The number of nitrogens with zero attached hydrogens (tertiary/aromatic N) is 2. The predicted octanol–water partition coefficient (Wildman–Crippen LogP) is 4.16. The highest BCUT2D eigenvalue weighted by Crippen LogP contribution is 2.38. The highest BCUT2D eigenvalue weighted by atomic mass is 32.1. The lowest BCUT2D eigenvalue weighted by Crippen LogP contribution is -2.54. The number of alkyl halides is 2. The van der Waals surface area contributed by atoms with Crippen LogP contribution in [0.4, 0.5) is 18.7 Å². The molecular formula is C22H24F2N4O4S. The van der Waals surface area contributed by atoms with Crippen LogP contribution in [0.3, 0.4) is 0 Å². The number of rotatable bonds is 6. The van der Waals surface area contributed by atoms with Crippen molar-refractivity contribution >= 4 is 34.3 Å². The van der Waals surface area contributed by atoms with Crippen molar-refractivity contribution in [2.75, 3.05) is 11.9 Å². The van der Waals surface area contributed by atoms with Gasteiger partial charge in [0.05, 0.1) is 5.69 Å². The molecule has 0 radical (unpaired) electrons. The van der Waals surface area contributed by atoms with Crippen molar-refractivity contribution in [3.63, 3.8) is 0 Å². The van der Waals surface area contributed by atoms with Crippen molar-refractivity contribution in [2.45, 2.75) is 51.7 Å². The zero-order valence-electron chi connectivity index (χ0n) is 18.2. The number of hydrogen-bond acceptors (Lipinski definition) is 6. The highest BCUT2D eigenvalue weighted by molar-refractivity contribution is 7.16. The SMILES string of the molecule is Cc1sc(NC(=O)CN2C(=O)NC3(CCCCC3C)C2=O)nc1-c1ccc(OC(F)F)cc1. The summed E-state index contributed by atoms with van der Waals surface area (Å²) >= 11 is 1.24. The van der Waals surface area contributed by atoms with Gasteiger partial charge in [-0.1, -0.05) is 19.8 Å². The van der Waals surface area contributed by atoms with Crippen LogP contribution in [0, 0.1) is 12.8 Å². The number of anilines is 1. The first-order chi connectivity index (χ1) is 15.7. The van der Waals surface area contributed by atoms with E-state index in [-0.39, 0.29) is 17.6 Å². The van der Waals surface area contributed by atoms with E-state index in [2.05, 4.69) is 20.4 Å². The van der Waals surface area contributed by atoms with Crippen LogP contribution in [0.1, 0.15) is 37.5 Å². The molecule has 2 aliphatic rings. The summed E-state index contributed by atoms with van der Waals surface area (Å²) in [4.78, 5) is 44.3. The van der Waals surface area contributed by atoms with Gasteiger partial charge in [0.2, 0.25) is 5.91 Å². The van der Waals surface area contributed by atoms with Gasteiger partial charge in [-0.05, 0) is 49.9 Å². The molecule has 1 saturated heterocycles. The van der Waals surface area contributed by atoms with Crippen LogP contribution in [-0.4, -0.2) is 46.4 Å². The van der Waals surface area contributed by atoms with Gasteiger partial charge in [-0.15, -0.1) is 11.3 Å². The minimum absolute atomic E-state index is 0.0115. The van der Waals surface area contributed by atoms with Gasteiger partial charge in [0.15, 0.2) is 5.13 Å². The molecule has 1 spiro atoms. The average molecular weight is 479 g/mol. The fraction of sp³-hybridized carbons (Fsp3) is 0.455. The van der Waals surface area contributed by atoms with Crippen LogP contribution < -0.4 is 15.4 Å². The van der Waals surface area contributed by atoms with E-state index in [1.54, 1.807) is 12.1 Å². The number of carbonyl (C=O) groups is 3. The first-order valence-corrected chi connectivity index (χ1v) is 11.5. The van der Waals surface area contributed by atoms with Gasteiger partial charge in [-0.3, -0.25) is 14.5 Å². The molecule has 2 aromatic rings. The molecule has 2 atom stereocenters. The van der Waals surface area contributed by atoms with Gasteiger partial charge in [0.1, 0.15) is 17.8 Å². The Balaban J connectivity index is 1.42. The summed E-state index contributed by atoms with van der Waals surface area (Å²) in [5, 5.41) is 5.79. The number of aromatic nitrogens is 1. The van der Waals surface area contributed by atoms with E-state index < -0.39 is 30.6 Å². The molecule has 1 aliphatic carbocycles. The number of nitrogens with one attached hydrogen (secondary N) is 2. The lowest BCUT2D eigenvalue weighted by atomic mass is 9.73. The van der Waals surface area contributed by atoms with Crippen molar-refractivity contribution < 1.29 is 27.9 Å². The number of halogens is 2. The number of hydrogen-bond donors (Lipinski definition) is 2. The lowest BCUT2D eigenvalue weighted by molar-refractivity contribution is -0.136. The Morgan fingerprint density at radius 3 is 2.73 bits per heavy atom. The van der Waals surface area contributed by atoms with E-state index in [1.165, 1.54) is 23.5 Å². The molecule has 2 heterocycles. The van der Waals surface area contributed by atoms with E-state index in [0.717, 1.165) is 29.0 Å². The lowest BCUT2D eigenvalue weighted by Gasteiger charge is -2.36. The molecule has 4 amide bonds. The van der Waals surface area contributed by atoms with Crippen LogP contribution >= 0.6 is 11.3 Å². The molecule has 11 heteroatoms. The zero-order valence-corrected chi connectivity index (χ0v) is 19.0. The van der Waals surface area contributed by atoms with E-state index >= 15 is 0 Å². The number of amides is 4. The third-order valence-electron chi connectivity index (χ3n) is 6.20. The van der Waals surface area contributed by atoms with Gasteiger partial charge < -0.3 is 15.4 Å². The van der Waals surface area contributed by atoms with Gasteiger partial charge in [0.25, 0.3) is 5.91 Å². The van der Waals surface area contributed by atoms with Crippen LogP contribution in [-0.2, 0) is 9.59 Å². The monoisotopic (exact) mass is 478 g/mol. The number of urea groups is 1. The summed E-state index contributed by atoms with van der Waals surface area (Å²) in [5.74, 6) is -0.830. The Hall–Kier alpha value is -3.08. The van der Waals surface area contributed by atoms with E-state index in [0.29, 0.717) is 22.8 Å². The number of benzene rings is 1. The van der Waals surface area contributed by atoms with E-state index in [1.807, 2.05) is 13.8 Å². The third-order valence-corrected chi connectivity index (χ3v) is 7.09. The predicted molar refractivity (Wildman–Crippen MR) is 118 cm³/mol. The van der Waals surface area contributed by atoms with Crippen molar-refractivity contribution in [2.24, 2.45) is 5.92 Å². The molecule has 176 valence electrons. The minimum atomic E-state index is -2.90. The number of aryl methyl sites for hydroxylation is 1. The summed E-state index contributed by atoms with van der Waals surface area (Å²) in [5.41, 5.74) is 0.345. The molecule has 2 N–H and O–H groups in total.